The highest BCUT2D eigenvalue weighted by atomic mass is 14.5. The van der Waals surface area contributed by atoms with E-state index in [4.69, 9.17) is 11.5 Å². The molecule has 0 atom stereocenters. The molecule has 0 heterocycles. The molecule has 0 aromatic heterocycles. The molecule has 4 aromatic carbocycles. The van der Waals surface area contributed by atoms with Crippen LogP contribution in [-0.4, -0.2) is 0 Å². The quantitative estimate of drug-likeness (QED) is 0.0623. The molecular weight excluding hydrogens is 581 g/mol. The smallest absolute Gasteiger partial charge is 0.0314 e. The third-order valence-corrected chi connectivity index (χ3v) is 10.00. The van der Waals surface area contributed by atoms with Crippen molar-refractivity contribution in [1.82, 2.24) is 0 Å². The van der Waals surface area contributed by atoms with Crippen LogP contribution in [0.25, 0.3) is 0 Å². The van der Waals surface area contributed by atoms with E-state index >= 15 is 0 Å². The highest BCUT2D eigenvalue weighted by Gasteiger charge is 2.07. The van der Waals surface area contributed by atoms with Gasteiger partial charge in [0, 0.05) is 11.4 Å². The second-order valence-corrected chi connectivity index (χ2v) is 14.3. The van der Waals surface area contributed by atoms with E-state index in [0.29, 0.717) is 0 Å². The van der Waals surface area contributed by atoms with Crippen molar-refractivity contribution in [3.63, 3.8) is 0 Å². The van der Waals surface area contributed by atoms with Gasteiger partial charge in [0.15, 0.2) is 0 Å². The lowest BCUT2D eigenvalue weighted by molar-refractivity contribution is 0.540. The Morgan fingerprint density at radius 2 is 0.646 bits per heavy atom. The second kappa shape index (κ2) is 21.5. The molecule has 0 aliphatic carbocycles. The molecule has 4 N–H and O–H groups in total. The van der Waals surface area contributed by atoms with E-state index in [2.05, 4.69) is 74.5 Å². The number of aryl methyl sites for hydroxylation is 4. The van der Waals surface area contributed by atoms with E-state index < -0.39 is 0 Å². The maximum atomic E-state index is 5.87. The number of benzene rings is 4. The van der Waals surface area contributed by atoms with Gasteiger partial charge in [-0.3, -0.25) is 0 Å². The number of unbranched alkanes of at least 4 members (excludes halogenated alkanes) is 11. The molecule has 48 heavy (non-hydrogen) atoms. The predicted molar refractivity (Wildman–Crippen MR) is 211 cm³/mol. The van der Waals surface area contributed by atoms with Crippen molar-refractivity contribution in [2.24, 2.45) is 0 Å². The first kappa shape index (κ1) is 37.3. The fraction of sp³-hybridized carbons (Fsp3) is 0.478. The molecule has 2 nitrogen and oxygen atoms in total. The summed E-state index contributed by atoms with van der Waals surface area (Å²) in [5, 5.41) is 0. The van der Waals surface area contributed by atoms with Gasteiger partial charge < -0.3 is 11.5 Å². The third-order valence-electron chi connectivity index (χ3n) is 10.00. The van der Waals surface area contributed by atoms with Crippen LogP contribution in [0.1, 0.15) is 148 Å². The van der Waals surface area contributed by atoms with Gasteiger partial charge in [-0.15, -0.1) is 0 Å². The minimum atomic E-state index is 0.837. The molecule has 0 saturated carbocycles. The number of rotatable bonds is 23. The first-order chi connectivity index (χ1) is 23.5. The summed E-state index contributed by atoms with van der Waals surface area (Å²) in [4.78, 5) is 0. The van der Waals surface area contributed by atoms with Gasteiger partial charge in [0.2, 0.25) is 0 Å². The van der Waals surface area contributed by atoms with Crippen LogP contribution in [0.2, 0.25) is 0 Å². The lowest BCUT2D eigenvalue weighted by Crippen LogP contribution is -1.98. The van der Waals surface area contributed by atoms with E-state index in [0.717, 1.165) is 24.2 Å². The molecule has 0 fully saturated rings. The summed E-state index contributed by atoms with van der Waals surface area (Å²) in [6.07, 6.45) is 25.8. The van der Waals surface area contributed by atoms with Crippen molar-refractivity contribution in [3.8, 4) is 0 Å². The molecule has 0 amide bonds. The summed E-state index contributed by atoms with van der Waals surface area (Å²) in [7, 11) is 0. The number of hydrogen-bond donors (Lipinski definition) is 2. The summed E-state index contributed by atoms with van der Waals surface area (Å²) >= 11 is 0. The molecule has 4 rings (SSSR count). The van der Waals surface area contributed by atoms with E-state index in [1.165, 1.54) is 138 Å². The van der Waals surface area contributed by atoms with Crippen molar-refractivity contribution >= 4 is 11.4 Å². The van der Waals surface area contributed by atoms with Crippen LogP contribution in [0.5, 0.6) is 0 Å². The lowest BCUT2D eigenvalue weighted by Gasteiger charge is -2.12. The van der Waals surface area contributed by atoms with Crippen LogP contribution in [0.4, 0.5) is 11.4 Å². The van der Waals surface area contributed by atoms with Crippen molar-refractivity contribution in [1.29, 1.82) is 0 Å². The summed E-state index contributed by atoms with van der Waals surface area (Å²) < 4.78 is 0. The lowest BCUT2D eigenvalue weighted by atomic mass is 9.93. The molecule has 0 radical (unpaired) electrons. The van der Waals surface area contributed by atoms with Gasteiger partial charge in [-0.2, -0.15) is 0 Å². The van der Waals surface area contributed by atoms with Crippen LogP contribution < -0.4 is 11.5 Å². The molecule has 0 spiro atoms. The van der Waals surface area contributed by atoms with Crippen molar-refractivity contribution in [3.05, 3.63) is 129 Å². The summed E-state index contributed by atoms with van der Waals surface area (Å²) in [5.41, 5.74) is 25.2. The average Bonchev–Trinajstić information content (AvgIpc) is 3.09. The zero-order valence-electron chi connectivity index (χ0n) is 30.4. The van der Waals surface area contributed by atoms with Crippen LogP contribution in [0, 0.1) is 0 Å². The summed E-state index contributed by atoms with van der Waals surface area (Å²) in [5.74, 6) is 0. The Morgan fingerprint density at radius 3 is 0.979 bits per heavy atom. The first-order valence-electron chi connectivity index (χ1n) is 19.4. The predicted octanol–water partition coefficient (Wildman–Crippen LogP) is 12.4. The summed E-state index contributed by atoms with van der Waals surface area (Å²) in [6, 6.07) is 31.1. The molecule has 4 aromatic rings. The highest BCUT2D eigenvalue weighted by molar-refractivity contribution is 5.43. The molecular formula is C46H64N2. The topological polar surface area (TPSA) is 52.0 Å². The molecule has 0 aliphatic rings. The zero-order valence-corrected chi connectivity index (χ0v) is 30.4. The van der Waals surface area contributed by atoms with Crippen LogP contribution in [0.3, 0.4) is 0 Å². The Kier molecular flexibility index (Phi) is 16.7. The SMILES string of the molecule is CCCc1cc(Cc2ccc(N)cc2)ccc1CCCCCCCCCCCCCCc1ccc(Cc2ccc(N)cc2)cc1CCC. The van der Waals surface area contributed by atoms with E-state index in [-0.39, 0.29) is 0 Å². The summed E-state index contributed by atoms with van der Waals surface area (Å²) in [6.45, 7) is 4.59. The Bertz CT molecular complexity index is 1340. The van der Waals surface area contributed by atoms with Crippen molar-refractivity contribution in [2.45, 2.75) is 142 Å². The standard InChI is InChI=1S/C46H64N2/c1-3-17-43-35-39(33-37-23-29-45(47)30-24-37)21-27-41(43)19-15-13-11-9-7-5-6-8-10-12-14-16-20-42-28-22-40(36-44(42)18-4-2)34-38-25-31-46(48)32-26-38/h21-32,35-36H,3-20,33-34,47-48H2,1-2H3. The molecule has 0 unspecified atom stereocenters. The minimum absolute atomic E-state index is 0.837. The fourth-order valence-electron chi connectivity index (χ4n) is 7.21. The molecule has 2 heteroatoms. The van der Waals surface area contributed by atoms with Gasteiger partial charge in [0.1, 0.15) is 0 Å². The first-order valence-corrected chi connectivity index (χ1v) is 19.4. The fourth-order valence-corrected chi connectivity index (χ4v) is 7.21. The number of hydrogen-bond acceptors (Lipinski definition) is 2. The second-order valence-electron chi connectivity index (χ2n) is 14.3. The molecule has 258 valence electrons. The van der Waals surface area contributed by atoms with Gasteiger partial charge in [-0.05, 0) is 120 Å². The van der Waals surface area contributed by atoms with Gasteiger partial charge in [0.05, 0.1) is 0 Å². The van der Waals surface area contributed by atoms with E-state index in [1.54, 1.807) is 22.3 Å². The largest absolute Gasteiger partial charge is 0.399 e. The van der Waals surface area contributed by atoms with Crippen molar-refractivity contribution < 1.29 is 0 Å². The molecule has 0 saturated heterocycles. The maximum Gasteiger partial charge on any atom is 0.0314 e. The number of anilines is 2. The highest BCUT2D eigenvalue weighted by Crippen LogP contribution is 2.22. The maximum absolute atomic E-state index is 5.87. The van der Waals surface area contributed by atoms with Gasteiger partial charge in [0.25, 0.3) is 0 Å². The Morgan fingerprint density at radius 1 is 0.333 bits per heavy atom. The van der Waals surface area contributed by atoms with E-state index in [1.807, 2.05) is 24.3 Å². The Balaban J connectivity index is 1.02. The number of nitrogen functional groups attached to an aromatic ring is 2. The Hall–Kier alpha value is -3.52. The monoisotopic (exact) mass is 645 g/mol. The van der Waals surface area contributed by atoms with Crippen LogP contribution >= 0.6 is 0 Å². The van der Waals surface area contributed by atoms with Crippen LogP contribution in [-0.2, 0) is 38.5 Å². The Labute approximate surface area is 293 Å². The van der Waals surface area contributed by atoms with E-state index in [9.17, 15) is 0 Å². The third kappa shape index (κ3) is 13.5. The average molecular weight is 645 g/mol. The van der Waals surface area contributed by atoms with Crippen molar-refractivity contribution in [2.75, 3.05) is 11.5 Å². The van der Waals surface area contributed by atoms with Gasteiger partial charge in [-0.1, -0.05) is 152 Å². The molecule has 0 bridgehead atoms. The van der Waals surface area contributed by atoms with Gasteiger partial charge in [-0.25, -0.2) is 0 Å². The minimum Gasteiger partial charge on any atom is -0.399 e. The zero-order chi connectivity index (χ0) is 33.8. The normalized spacial score (nSPS) is 11.3. The van der Waals surface area contributed by atoms with Crippen LogP contribution in [0.15, 0.2) is 84.9 Å². The van der Waals surface area contributed by atoms with Gasteiger partial charge >= 0.3 is 0 Å². The number of nitrogens with two attached hydrogens (primary N) is 2. The molecule has 0 aliphatic heterocycles.